The standard InChI is InChI=1S/C18H27FN2O2/c1-20(13-15-7-2-3-10-17(15)19)14-18(23)21-11-5-4-8-16(21)9-6-12-22/h2-3,7,10,16,22H,4-6,8-9,11-14H2,1H3/t16-/m1/s1. The molecular weight excluding hydrogens is 295 g/mol. The Morgan fingerprint density at radius 3 is 2.91 bits per heavy atom. The number of likely N-dealkylation sites (N-methyl/N-ethyl adjacent to an activating group) is 1. The second kappa shape index (κ2) is 8.99. The lowest BCUT2D eigenvalue weighted by molar-refractivity contribution is -0.136. The van der Waals surface area contributed by atoms with E-state index in [1.807, 2.05) is 22.9 Å². The van der Waals surface area contributed by atoms with E-state index in [9.17, 15) is 9.18 Å². The highest BCUT2D eigenvalue weighted by atomic mass is 19.1. The SMILES string of the molecule is CN(CC(=O)N1CCCC[C@@H]1CCCO)Cc1ccccc1F. The summed E-state index contributed by atoms with van der Waals surface area (Å²) < 4.78 is 13.7. The Hall–Kier alpha value is -1.46. The zero-order valence-electron chi connectivity index (χ0n) is 13.9. The average Bonchev–Trinajstić information content (AvgIpc) is 2.55. The zero-order chi connectivity index (χ0) is 16.7. The summed E-state index contributed by atoms with van der Waals surface area (Å²) in [4.78, 5) is 16.4. The number of carbonyl (C=O) groups excluding carboxylic acids is 1. The van der Waals surface area contributed by atoms with Crippen LogP contribution in [0.5, 0.6) is 0 Å². The molecule has 2 rings (SSSR count). The van der Waals surface area contributed by atoms with E-state index < -0.39 is 0 Å². The van der Waals surface area contributed by atoms with Gasteiger partial charge in [-0.25, -0.2) is 4.39 Å². The molecule has 1 amide bonds. The molecular formula is C18H27FN2O2. The number of amides is 1. The van der Waals surface area contributed by atoms with E-state index in [2.05, 4.69) is 0 Å². The molecule has 1 atom stereocenters. The van der Waals surface area contributed by atoms with Crippen LogP contribution in [0.3, 0.4) is 0 Å². The number of halogens is 1. The number of rotatable bonds is 7. The van der Waals surface area contributed by atoms with E-state index >= 15 is 0 Å². The van der Waals surface area contributed by atoms with Crippen molar-refractivity contribution in [1.82, 2.24) is 9.80 Å². The summed E-state index contributed by atoms with van der Waals surface area (Å²) in [6.07, 6.45) is 4.80. The molecule has 1 aromatic carbocycles. The third-order valence-electron chi connectivity index (χ3n) is 4.45. The van der Waals surface area contributed by atoms with Crippen LogP contribution in [-0.4, -0.2) is 53.6 Å². The number of carbonyl (C=O) groups is 1. The molecule has 1 N–H and O–H groups in total. The lowest BCUT2D eigenvalue weighted by Gasteiger charge is -2.37. The van der Waals surface area contributed by atoms with Gasteiger partial charge in [0.05, 0.1) is 6.54 Å². The van der Waals surface area contributed by atoms with Crippen molar-refractivity contribution in [3.8, 4) is 0 Å². The molecule has 1 fully saturated rings. The van der Waals surface area contributed by atoms with Gasteiger partial charge in [0.2, 0.25) is 5.91 Å². The highest BCUT2D eigenvalue weighted by molar-refractivity contribution is 5.78. The minimum absolute atomic E-state index is 0.103. The Bertz CT molecular complexity index is 510. The number of likely N-dealkylation sites (tertiary alicyclic amines) is 1. The third kappa shape index (κ3) is 5.29. The molecule has 23 heavy (non-hydrogen) atoms. The van der Waals surface area contributed by atoms with E-state index in [1.165, 1.54) is 6.07 Å². The number of nitrogens with zero attached hydrogens (tertiary/aromatic N) is 2. The molecule has 128 valence electrons. The first-order valence-corrected chi connectivity index (χ1v) is 8.44. The van der Waals surface area contributed by atoms with E-state index in [4.69, 9.17) is 5.11 Å². The van der Waals surface area contributed by atoms with Crippen LogP contribution in [0.4, 0.5) is 4.39 Å². The van der Waals surface area contributed by atoms with E-state index in [0.717, 1.165) is 38.6 Å². The van der Waals surface area contributed by atoms with Crippen LogP contribution in [0, 0.1) is 5.82 Å². The Morgan fingerprint density at radius 2 is 2.17 bits per heavy atom. The fraction of sp³-hybridized carbons (Fsp3) is 0.611. The topological polar surface area (TPSA) is 43.8 Å². The van der Waals surface area contributed by atoms with Gasteiger partial charge in [-0.1, -0.05) is 18.2 Å². The van der Waals surface area contributed by atoms with Crippen LogP contribution in [0.25, 0.3) is 0 Å². The quantitative estimate of drug-likeness (QED) is 0.838. The molecule has 0 spiro atoms. The minimum Gasteiger partial charge on any atom is -0.396 e. The average molecular weight is 322 g/mol. The maximum Gasteiger partial charge on any atom is 0.236 e. The highest BCUT2D eigenvalue weighted by Gasteiger charge is 2.26. The second-order valence-electron chi connectivity index (χ2n) is 6.37. The Kier molecular flexibility index (Phi) is 6.99. The van der Waals surface area contributed by atoms with Crippen molar-refractivity contribution >= 4 is 5.91 Å². The zero-order valence-corrected chi connectivity index (χ0v) is 13.9. The number of benzene rings is 1. The van der Waals surface area contributed by atoms with Crippen molar-refractivity contribution < 1.29 is 14.3 Å². The maximum absolute atomic E-state index is 13.7. The van der Waals surface area contributed by atoms with Gasteiger partial charge in [0.1, 0.15) is 5.82 Å². The first-order valence-electron chi connectivity index (χ1n) is 8.44. The van der Waals surface area contributed by atoms with Gasteiger partial charge in [-0.2, -0.15) is 0 Å². The van der Waals surface area contributed by atoms with Crippen LogP contribution in [0.2, 0.25) is 0 Å². The summed E-state index contributed by atoms with van der Waals surface area (Å²) in [5, 5.41) is 9.01. The number of piperidine rings is 1. The summed E-state index contributed by atoms with van der Waals surface area (Å²) in [6.45, 7) is 1.69. The van der Waals surface area contributed by atoms with Crippen LogP contribution in [-0.2, 0) is 11.3 Å². The first kappa shape index (κ1) is 17.9. The minimum atomic E-state index is -0.231. The number of aliphatic hydroxyl groups excluding tert-OH is 1. The monoisotopic (exact) mass is 322 g/mol. The van der Waals surface area contributed by atoms with Crippen LogP contribution < -0.4 is 0 Å². The van der Waals surface area contributed by atoms with Crippen molar-refractivity contribution in [3.63, 3.8) is 0 Å². The normalized spacial score (nSPS) is 18.4. The second-order valence-corrected chi connectivity index (χ2v) is 6.37. The first-order chi connectivity index (χ1) is 11.1. The largest absolute Gasteiger partial charge is 0.396 e. The molecule has 0 radical (unpaired) electrons. The summed E-state index contributed by atoms with van der Waals surface area (Å²) in [7, 11) is 1.84. The molecule has 1 saturated heterocycles. The van der Waals surface area contributed by atoms with Gasteiger partial charge in [-0.3, -0.25) is 9.69 Å². The fourth-order valence-corrected chi connectivity index (χ4v) is 3.25. The molecule has 1 aliphatic heterocycles. The maximum atomic E-state index is 13.7. The number of hydrogen-bond acceptors (Lipinski definition) is 3. The van der Waals surface area contributed by atoms with E-state index in [1.54, 1.807) is 12.1 Å². The van der Waals surface area contributed by atoms with Crippen molar-refractivity contribution in [1.29, 1.82) is 0 Å². The predicted molar refractivity (Wildman–Crippen MR) is 88.4 cm³/mol. The lowest BCUT2D eigenvalue weighted by Crippen LogP contribution is -2.47. The van der Waals surface area contributed by atoms with Crippen LogP contribution >= 0.6 is 0 Å². The number of aliphatic hydroxyl groups is 1. The van der Waals surface area contributed by atoms with Gasteiger partial charge in [-0.05, 0) is 45.2 Å². The highest BCUT2D eigenvalue weighted by Crippen LogP contribution is 2.21. The van der Waals surface area contributed by atoms with Crippen molar-refractivity contribution in [2.24, 2.45) is 0 Å². The molecule has 0 bridgehead atoms. The van der Waals surface area contributed by atoms with Crippen molar-refractivity contribution in [2.75, 3.05) is 26.7 Å². The molecule has 1 heterocycles. The van der Waals surface area contributed by atoms with Gasteiger partial charge in [0.25, 0.3) is 0 Å². The van der Waals surface area contributed by atoms with Gasteiger partial charge < -0.3 is 10.0 Å². The van der Waals surface area contributed by atoms with Crippen molar-refractivity contribution in [2.45, 2.75) is 44.7 Å². The predicted octanol–water partition coefficient (Wildman–Crippen LogP) is 2.41. The summed E-state index contributed by atoms with van der Waals surface area (Å²) in [6, 6.07) is 6.92. The van der Waals surface area contributed by atoms with E-state index in [-0.39, 0.29) is 24.4 Å². The summed E-state index contributed by atoms with van der Waals surface area (Å²) >= 11 is 0. The molecule has 4 nitrogen and oxygen atoms in total. The molecule has 5 heteroatoms. The van der Waals surface area contributed by atoms with Gasteiger partial charge in [0, 0.05) is 31.3 Å². The molecule has 0 aromatic heterocycles. The van der Waals surface area contributed by atoms with Gasteiger partial charge >= 0.3 is 0 Å². The van der Waals surface area contributed by atoms with E-state index in [0.29, 0.717) is 18.7 Å². The third-order valence-corrected chi connectivity index (χ3v) is 4.45. The molecule has 0 aliphatic carbocycles. The molecule has 0 saturated carbocycles. The Morgan fingerprint density at radius 1 is 1.39 bits per heavy atom. The van der Waals surface area contributed by atoms with Gasteiger partial charge in [0.15, 0.2) is 0 Å². The molecule has 1 aromatic rings. The summed E-state index contributed by atoms with van der Waals surface area (Å²) in [5.74, 6) is -0.128. The molecule has 0 unspecified atom stereocenters. The van der Waals surface area contributed by atoms with Crippen LogP contribution in [0.15, 0.2) is 24.3 Å². The smallest absolute Gasteiger partial charge is 0.236 e. The Labute approximate surface area is 137 Å². The molecule has 1 aliphatic rings. The summed E-state index contributed by atoms with van der Waals surface area (Å²) in [5.41, 5.74) is 0.610. The number of hydrogen-bond donors (Lipinski definition) is 1. The fourth-order valence-electron chi connectivity index (χ4n) is 3.25. The van der Waals surface area contributed by atoms with Gasteiger partial charge in [-0.15, -0.1) is 0 Å². The lowest BCUT2D eigenvalue weighted by atomic mass is 9.98. The van der Waals surface area contributed by atoms with Crippen molar-refractivity contribution in [3.05, 3.63) is 35.6 Å². The Balaban J connectivity index is 1.90. The van der Waals surface area contributed by atoms with Crippen LogP contribution in [0.1, 0.15) is 37.7 Å².